The van der Waals surface area contributed by atoms with E-state index >= 15 is 0 Å². The maximum absolute atomic E-state index is 11.7. The molecule has 0 aliphatic rings. The Morgan fingerprint density at radius 1 is 1.21 bits per heavy atom. The molecular formula is C18H17BrO4S. The lowest BCUT2D eigenvalue weighted by Gasteiger charge is -2.11. The topological polar surface area (TPSA) is 55.8 Å². The molecule has 24 heavy (non-hydrogen) atoms. The molecule has 0 saturated carbocycles. The minimum Gasteiger partial charge on any atom is -0.497 e. The van der Waals surface area contributed by atoms with Crippen LogP contribution in [0.5, 0.6) is 11.5 Å². The third-order valence-corrected chi connectivity index (χ3v) is 5.10. The van der Waals surface area contributed by atoms with Crippen LogP contribution in [0.25, 0.3) is 11.6 Å². The molecule has 0 saturated heterocycles. The van der Waals surface area contributed by atoms with Crippen LogP contribution in [-0.4, -0.2) is 31.6 Å². The van der Waals surface area contributed by atoms with Crippen LogP contribution < -0.4 is 9.47 Å². The minimum atomic E-state index is -1.01. The highest BCUT2D eigenvalue weighted by atomic mass is 79.9. The summed E-state index contributed by atoms with van der Waals surface area (Å²) >= 11 is 5.06. The number of rotatable bonds is 6. The van der Waals surface area contributed by atoms with E-state index in [1.54, 1.807) is 56.3 Å². The van der Waals surface area contributed by atoms with Crippen molar-refractivity contribution >= 4 is 45.3 Å². The molecule has 0 spiro atoms. The van der Waals surface area contributed by atoms with Crippen LogP contribution in [0, 0.1) is 0 Å². The van der Waals surface area contributed by atoms with Crippen molar-refractivity contribution in [3.63, 3.8) is 0 Å². The molecule has 1 N–H and O–H groups in total. The first kappa shape index (κ1) is 18.4. The fraction of sp³-hybridized carbons (Fsp3) is 0.167. The standard InChI is InChI=1S/C18H17BrO4S/c1-22-13-6-4-5-12(10-13)14(18(20)21)7-11-8-15(19)17(24-3)16(9-11)23-2/h4-10H,1-3H3,(H,20,21)/b14-7+. The van der Waals surface area contributed by atoms with Gasteiger partial charge in [0.15, 0.2) is 0 Å². The van der Waals surface area contributed by atoms with Crippen LogP contribution >= 0.6 is 27.7 Å². The number of carboxylic acids is 1. The molecule has 126 valence electrons. The van der Waals surface area contributed by atoms with E-state index < -0.39 is 5.97 Å². The van der Waals surface area contributed by atoms with E-state index in [2.05, 4.69) is 15.9 Å². The number of aliphatic carboxylic acids is 1. The number of carboxylic acid groups (broad SMARTS) is 1. The molecule has 0 aromatic heterocycles. The molecule has 0 radical (unpaired) electrons. The molecule has 6 heteroatoms. The summed E-state index contributed by atoms with van der Waals surface area (Å²) < 4.78 is 11.4. The van der Waals surface area contributed by atoms with E-state index in [1.807, 2.05) is 18.4 Å². The van der Waals surface area contributed by atoms with Crippen molar-refractivity contribution in [3.8, 4) is 11.5 Å². The van der Waals surface area contributed by atoms with Crippen molar-refractivity contribution in [2.45, 2.75) is 4.90 Å². The summed E-state index contributed by atoms with van der Waals surface area (Å²) in [5, 5.41) is 9.59. The maximum Gasteiger partial charge on any atom is 0.336 e. The lowest BCUT2D eigenvalue weighted by Crippen LogP contribution is -2.00. The van der Waals surface area contributed by atoms with Crippen LogP contribution in [-0.2, 0) is 4.79 Å². The average molecular weight is 409 g/mol. The molecule has 0 bridgehead atoms. The number of benzene rings is 2. The summed E-state index contributed by atoms with van der Waals surface area (Å²) in [7, 11) is 3.14. The first-order valence-corrected chi connectivity index (χ1v) is 9.02. The second-order valence-corrected chi connectivity index (χ2v) is 6.50. The van der Waals surface area contributed by atoms with Gasteiger partial charge < -0.3 is 14.6 Å². The van der Waals surface area contributed by atoms with Crippen LogP contribution in [0.1, 0.15) is 11.1 Å². The summed E-state index contributed by atoms with van der Waals surface area (Å²) in [5.41, 5.74) is 1.49. The normalized spacial score (nSPS) is 11.2. The largest absolute Gasteiger partial charge is 0.497 e. The van der Waals surface area contributed by atoms with Gasteiger partial charge in [-0.25, -0.2) is 4.79 Å². The van der Waals surface area contributed by atoms with Crippen molar-refractivity contribution in [2.24, 2.45) is 0 Å². The van der Waals surface area contributed by atoms with Gasteiger partial charge in [-0.3, -0.25) is 0 Å². The van der Waals surface area contributed by atoms with Crippen LogP contribution in [0.3, 0.4) is 0 Å². The van der Waals surface area contributed by atoms with Crippen molar-refractivity contribution in [2.75, 3.05) is 20.5 Å². The first-order chi connectivity index (χ1) is 11.5. The van der Waals surface area contributed by atoms with Crippen molar-refractivity contribution in [1.29, 1.82) is 0 Å². The van der Waals surface area contributed by atoms with E-state index in [-0.39, 0.29) is 5.57 Å². The zero-order valence-electron chi connectivity index (χ0n) is 13.5. The van der Waals surface area contributed by atoms with Crippen molar-refractivity contribution in [3.05, 3.63) is 52.0 Å². The molecule has 0 heterocycles. The molecule has 0 fully saturated rings. The lowest BCUT2D eigenvalue weighted by atomic mass is 10.0. The molecule has 0 aliphatic carbocycles. The van der Waals surface area contributed by atoms with Gasteiger partial charge in [-0.15, -0.1) is 11.8 Å². The van der Waals surface area contributed by atoms with Gasteiger partial charge in [-0.1, -0.05) is 12.1 Å². The predicted molar refractivity (Wildman–Crippen MR) is 101 cm³/mol. The highest BCUT2D eigenvalue weighted by Gasteiger charge is 2.14. The molecule has 0 atom stereocenters. The SMILES string of the molecule is COc1cccc(/C(=C\c2cc(Br)c(SC)c(OC)c2)C(=O)O)c1. The Morgan fingerprint density at radius 3 is 2.54 bits per heavy atom. The molecule has 2 rings (SSSR count). The number of ether oxygens (including phenoxy) is 2. The number of hydrogen-bond acceptors (Lipinski definition) is 4. The average Bonchev–Trinajstić information content (AvgIpc) is 2.58. The fourth-order valence-electron chi connectivity index (χ4n) is 2.25. The maximum atomic E-state index is 11.7. The van der Waals surface area contributed by atoms with Crippen LogP contribution in [0.4, 0.5) is 0 Å². The number of hydrogen-bond donors (Lipinski definition) is 1. The van der Waals surface area contributed by atoms with E-state index in [9.17, 15) is 9.90 Å². The van der Waals surface area contributed by atoms with Gasteiger partial charge in [0.2, 0.25) is 0 Å². The van der Waals surface area contributed by atoms with Crippen molar-refractivity contribution < 1.29 is 19.4 Å². The highest BCUT2D eigenvalue weighted by molar-refractivity contribution is 9.10. The second-order valence-electron chi connectivity index (χ2n) is 4.83. The molecule has 2 aromatic rings. The van der Waals surface area contributed by atoms with Gasteiger partial charge in [0.05, 0.1) is 24.7 Å². The summed E-state index contributed by atoms with van der Waals surface area (Å²) in [6, 6.07) is 10.7. The van der Waals surface area contributed by atoms with E-state index in [0.717, 1.165) is 14.9 Å². The number of thioether (sulfide) groups is 1. The Labute approximate surface area is 153 Å². The van der Waals surface area contributed by atoms with Crippen LogP contribution in [0.2, 0.25) is 0 Å². The Kier molecular flexibility index (Phi) is 6.34. The number of methoxy groups -OCH3 is 2. The van der Waals surface area contributed by atoms with Gasteiger partial charge in [0, 0.05) is 4.47 Å². The molecule has 2 aromatic carbocycles. The predicted octanol–water partition coefficient (Wildman–Crippen LogP) is 4.81. The van der Waals surface area contributed by atoms with Crippen molar-refractivity contribution in [1.82, 2.24) is 0 Å². The van der Waals surface area contributed by atoms with Gasteiger partial charge in [-0.05, 0) is 63.7 Å². The quantitative estimate of drug-likeness (QED) is 0.422. The fourth-order valence-corrected chi connectivity index (χ4v) is 3.79. The smallest absolute Gasteiger partial charge is 0.336 e. The van der Waals surface area contributed by atoms with E-state index in [4.69, 9.17) is 9.47 Å². The monoisotopic (exact) mass is 408 g/mol. The van der Waals surface area contributed by atoms with Gasteiger partial charge in [0.25, 0.3) is 0 Å². The Hall–Kier alpha value is -1.92. The molecule has 0 aliphatic heterocycles. The van der Waals surface area contributed by atoms with Gasteiger partial charge in [0.1, 0.15) is 11.5 Å². The molecular weight excluding hydrogens is 392 g/mol. The molecule has 0 amide bonds. The number of halogens is 1. The summed E-state index contributed by atoms with van der Waals surface area (Å²) in [4.78, 5) is 12.7. The third kappa shape index (κ3) is 4.13. The minimum absolute atomic E-state index is 0.180. The van der Waals surface area contributed by atoms with Gasteiger partial charge >= 0.3 is 5.97 Å². The Balaban J connectivity index is 2.56. The van der Waals surface area contributed by atoms with E-state index in [1.165, 1.54) is 0 Å². The first-order valence-electron chi connectivity index (χ1n) is 7.01. The van der Waals surface area contributed by atoms with Gasteiger partial charge in [-0.2, -0.15) is 0 Å². The summed E-state index contributed by atoms with van der Waals surface area (Å²) in [6.07, 6.45) is 3.57. The second kappa shape index (κ2) is 8.26. The summed E-state index contributed by atoms with van der Waals surface area (Å²) in [6.45, 7) is 0. The zero-order valence-corrected chi connectivity index (χ0v) is 15.9. The lowest BCUT2D eigenvalue weighted by molar-refractivity contribution is -0.130. The summed E-state index contributed by atoms with van der Waals surface area (Å²) in [5.74, 6) is 0.293. The zero-order chi connectivity index (χ0) is 17.7. The molecule has 0 unspecified atom stereocenters. The number of carbonyl (C=O) groups is 1. The van der Waals surface area contributed by atoms with E-state index in [0.29, 0.717) is 17.1 Å². The van der Waals surface area contributed by atoms with Crippen LogP contribution in [0.15, 0.2) is 45.8 Å². The Morgan fingerprint density at radius 2 is 1.96 bits per heavy atom. The highest BCUT2D eigenvalue weighted by Crippen LogP contribution is 2.37. The Bertz CT molecular complexity index is 787. The third-order valence-electron chi connectivity index (χ3n) is 3.38. The molecule has 4 nitrogen and oxygen atoms in total.